The first kappa shape index (κ1) is 15.6. The molecule has 0 spiro atoms. The van der Waals surface area contributed by atoms with E-state index < -0.39 is 8.24 Å². The van der Waals surface area contributed by atoms with Gasteiger partial charge in [0.25, 0.3) is 0 Å². The van der Waals surface area contributed by atoms with Crippen LogP contribution in [0, 0.1) is 11.8 Å². The van der Waals surface area contributed by atoms with Gasteiger partial charge in [-0.2, -0.15) is 0 Å². The third kappa shape index (κ3) is 2.53. The zero-order chi connectivity index (χ0) is 16.0. The minimum Gasteiger partial charge on any atom is -0.321 e. The van der Waals surface area contributed by atoms with Gasteiger partial charge in [0.05, 0.1) is 0 Å². The summed E-state index contributed by atoms with van der Waals surface area (Å²) in [7, 11) is -1.42. The molecule has 0 bridgehead atoms. The van der Waals surface area contributed by atoms with Crippen LogP contribution in [-0.2, 0) is 0 Å². The Hall–Kier alpha value is -0.903. The summed E-state index contributed by atoms with van der Waals surface area (Å²) in [6, 6.07) is 9.08. The maximum atomic E-state index is 3.52. The Morgan fingerprint density at radius 1 is 1.13 bits per heavy atom. The fraction of sp³-hybridized carbons (Fsp3) is 0.600. The molecule has 124 valence electrons. The van der Waals surface area contributed by atoms with E-state index in [2.05, 4.69) is 66.3 Å². The van der Waals surface area contributed by atoms with E-state index in [1.165, 1.54) is 38.2 Å². The quantitative estimate of drug-likeness (QED) is 0.828. The number of piperazine rings is 1. The largest absolute Gasteiger partial charge is 0.321 e. The standard InChI is InChI=1S/C20H30N2Si/c1-15-14-19-17-7-5-4-6-16(17)8-9-18(19)20(15)23(2,3)22-12-10-21-11-13-22/h4-9,15,18-21H,10-14H2,1-3H3. The van der Waals surface area contributed by atoms with Crippen LogP contribution >= 0.6 is 0 Å². The molecular formula is C20H30N2Si. The van der Waals surface area contributed by atoms with Crippen molar-refractivity contribution in [1.29, 1.82) is 0 Å². The lowest BCUT2D eigenvalue weighted by Gasteiger charge is -2.47. The molecule has 1 aromatic carbocycles. The van der Waals surface area contributed by atoms with Gasteiger partial charge in [-0.15, -0.1) is 0 Å². The van der Waals surface area contributed by atoms with Gasteiger partial charge >= 0.3 is 0 Å². The summed E-state index contributed by atoms with van der Waals surface area (Å²) < 4.78 is 2.88. The second kappa shape index (κ2) is 5.87. The van der Waals surface area contributed by atoms with Crippen molar-refractivity contribution in [3.05, 3.63) is 41.5 Å². The van der Waals surface area contributed by atoms with Gasteiger partial charge in [-0.05, 0) is 40.8 Å². The van der Waals surface area contributed by atoms with Crippen molar-refractivity contribution in [2.24, 2.45) is 11.8 Å². The number of nitrogens with zero attached hydrogens (tertiary/aromatic N) is 1. The van der Waals surface area contributed by atoms with E-state index in [0.29, 0.717) is 0 Å². The van der Waals surface area contributed by atoms with Crippen molar-refractivity contribution in [1.82, 2.24) is 9.88 Å². The molecule has 3 aliphatic rings. The number of hydrogen-bond donors (Lipinski definition) is 1. The predicted molar refractivity (Wildman–Crippen MR) is 101 cm³/mol. The Morgan fingerprint density at radius 3 is 2.65 bits per heavy atom. The zero-order valence-corrected chi connectivity index (χ0v) is 15.8. The molecule has 1 heterocycles. The van der Waals surface area contributed by atoms with Crippen LogP contribution in [0.15, 0.2) is 30.3 Å². The van der Waals surface area contributed by atoms with Crippen LogP contribution in [0.1, 0.15) is 30.4 Å². The molecule has 3 heteroatoms. The maximum Gasteiger partial charge on any atom is 0.126 e. The van der Waals surface area contributed by atoms with Crippen LogP contribution in [0.3, 0.4) is 0 Å². The molecule has 1 saturated heterocycles. The fourth-order valence-electron chi connectivity index (χ4n) is 5.76. The van der Waals surface area contributed by atoms with Crippen LogP contribution in [0.5, 0.6) is 0 Å². The van der Waals surface area contributed by atoms with Gasteiger partial charge in [-0.3, -0.25) is 0 Å². The van der Waals surface area contributed by atoms with E-state index in [1.807, 2.05) is 0 Å². The van der Waals surface area contributed by atoms with Crippen molar-refractivity contribution in [2.45, 2.75) is 37.9 Å². The van der Waals surface area contributed by atoms with E-state index in [-0.39, 0.29) is 0 Å². The Labute approximate surface area is 142 Å². The van der Waals surface area contributed by atoms with E-state index >= 15 is 0 Å². The zero-order valence-electron chi connectivity index (χ0n) is 14.8. The lowest BCUT2D eigenvalue weighted by molar-refractivity contribution is 0.341. The molecule has 1 N–H and O–H groups in total. The van der Waals surface area contributed by atoms with E-state index in [9.17, 15) is 0 Å². The SMILES string of the molecule is CC1CC2c3ccccc3C=CC2C1[Si](C)(C)N1CCNCC1. The van der Waals surface area contributed by atoms with Gasteiger partial charge in [-0.1, -0.05) is 56.4 Å². The summed E-state index contributed by atoms with van der Waals surface area (Å²) >= 11 is 0. The normalized spacial score (nSPS) is 34.2. The van der Waals surface area contributed by atoms with Crippen molar-refractivity contribution in [3.63, 3.8) is 0 Å². The topological polar surface area (TPSA) is 15.3 Å². The van der Waals surface area contributed by atoms with Gasteiger partial charge in [0.1, 0.15) is 8.24 Å². The molecule has 0 aromatic heterocycles. The van der Waals surface area contributed by atoms with E-state index in [4.69, 9.17) is 0 Å². The molecular weight excluding hydrogens is 296 g/mol. The van der Waals surface area contributed by atoms with Crippen LogP contribution in [0.2, 0.25) is 18.6 Å². The number of rotatable bonds is 2. The highest BCUT2D eigenvalue weighted by Crippen LogP contribution is 2.57. The van der Waals surface area contributed by atoms with Gasteiger partial charge in [0, 0.05) is 26.2 Å². The number of nitrogens with one attached hydrogen (secondary N) is 1. The van der Waals surface area contributed by atoms with Gasteiger partial charge in [-0.25, -0.2) is 0 Å². The maximum absolute atomic E-state index is 3.52. The van der Waals surface area contributed by atoms with Crippen LogP contribution in [0.25, 0.3) is 6.08 Å². The van der Waals surface area contributed by atoms with Crippen molar-refractivity contribution in [2.75, 3.05) is 26.2 Å². The van der Waals surface area contributed by atoms with Crippen LogP contribution in [0.4, 0.5) is 0 Å². The van der Waals surface area contributed by atoms with Crippen LogP contribution < -0.4 is 5.32 Å². The fourth-order valence-corrected chi connectivity index (χ4v) is 10.4. The first-order valence-electron chi connectivity index (χ1n) is 9.32. The Bertz CT molecular complexity index is 603. The molecule has 23 heavy (non-hydrogen) atoms. The second-order valence-electron chi connectivity index (χ2n) is 8.30. The molecule has 0 radical (unpaired) electrons. The molecule has 4 rings (SSSR count). The number of fused-ring (bicyclic) bond motifs is 3. The third-order valence-corrected chi connectivity index (χ3v) is 11.4. The number of hydrogen-bond acceptors (Lipinski definition) is 2. The average molecular weight is 327 g/mol. The molecule has 0 amide bonds. The lowest BCUT2D eigenvalue weighted by Crippen LogP contribution is -2.60. The summed E-state index contributed by atoms with van der Waals surface area (Å²) in [4.78, 5) is 0. The summed E-state index contributed by atoms with van der Waals surface area (Å²) in [6.07, 6.45) is 6.35. The van der Waals surface area contributed by atoms with E-state index in [0.717, 1.165) is 23.3 Å². The highest BCUT2D eigenvalue weighted by Gasteiger charge is 2.51. The van der Waals surface area contributed by atoms with Gasteiger partial charge in [0.15, 0.2) is 0 Å². The Balaban J connectivity index is 1.66. The van der Waals surface area contributed by atoms with E-state index in [1.54, 1.807) is 5.56 Å². The molecule has 4 unspecified atom stereocenters. The minimum atomic E-state index is -1.42. The first-order valence-corrected chi connectivity index (χ1v) is 12.3. The van der Waals surface area contributed by atoms with Crippen molar-refractivity contribution >= 4 is 14.3 Å². The van der Waals surface area contributed by atoms with Crippen molar-refractivity contribution in [3.8, 4) is 0 Å². The van der Waals surface area contributed by atoms with Gasteiger partial charge in [0.2, 0.25) is 0 Å². The number of benzene rings is 1. The van der Waals surface area contributed by atoms with Gasteiger partial charge < -0.3 is 9.88 Å². The Kier molecular flexibility index (Phi) is 3.99. The third-order valence-electron chi connectivity index (χ3n) is 6.76. The molecule has 2 fully saturated rings. The summed E-state index contributed by atoms with van der Waals surface area (Å²) in [5, 5.41) is 3.52. The van der Waals surface area contributed by atoms with Crippen molar-refractivity contribution < 1.29 is 0 Å². The first-order chi connectivity index (χ1) is 11.1. The van der Waals surface area contributed by atoms with Crippen LogP contribution in [-0.4, -0.2) is 39.0 Å². The summed E-state index contributed by atoms with van der Waals surface area (Å²) in [5.41, 5.74) is 3.96. The monoisotopic (exact) mass is 326 g/mol. The second-order valence-corrected chi connectivity index (χ2v) is 12.9. The minimum absolute atomic E-state index is 0.755. The molecule has 1 saturated carbocycles. The predicted octanol–water partition coefficient (Wildman–Crippen LogP) is 3.93. The average Bonchev–Trinajstić information content (AvgIpc) is 2.93. The lowest BCUT2D eigenvalue weighted by atomic mass is 9.81. The smallest absolute Gasteiger partial charge is 0.126 e. The molecule has 2 nitrogen and oxygen atoms in total. The Morgan fingerprint density at radius 2 is 1.87 bits per heavy atom. The summed E-state index contributed by atoms with van der Waals surface area (Å²) in [6.45, 7) is 12.6. The highest BCUT2D eigenvalue weighted by atomic mass is 28.3. The molecule has 1 aliphatic heterocycles. The molecule has 2 aliphatic carbocycles. The summed E-state index contributed by atoms with van der Waals surface area (Å²) in [5.74, 6) is 2.36. The highest BCUT2D eigenvalue weighted by molar-refractivity contribution is 6.76. The molecule has 4 atom stereocenters. The number of allylic oxidation sites excluding steroid dienone is 1. The molecule has 1 aromatic rings.